The molecule has 6 nitrogen and oxygen atoms in total. The summed E-state index contributed by atoms with van der Waals surface area (Å²) in [5.41, 5.74) is 0. The Hall–Kier alpha value is -1.11. The van der Waals surface area contributed by atoms with E-state index in [-0.39, 0.29) is 12.5 Å². The Morgan fingerprint density at radius 2 is 1.65 bits per heavy atom. The first-order chi connectivity index (χ1) is 10.6. The van der Waals surface area contributed by atoms with E-state index < -0.39 is 38.1 Å². The summed E-state index contributed by atoms with van der Waals surface area (Å²) in [6.45, 7) is 4.98. The van der Waals surface area contributed by atoms with E-state index >= 15 is 0 Å². The normalized spacial score (nSPS) is 19.3. The molecule has 1 fully saturated rings. The van der Waals surface area contributed by atoms with E-state index in [0.29, 0.717) is 12.8 Å². The quantitative estimate of drug-likeness (QED) is 0.760. The number of sulfone groups is 1. The number of carbonyl (C=O) groups is 2. The molecule has 0 aromatic heterocycles. The van der Waals surface area contributed by atoms with Gasteiger partial charge in [-0.05, 0) is 18.8 Å². The number of aliphatic carboxylic acids is 1. The number of carboxylic acids is 1. The number of rotatable bonds is 7. The minimum absolute atomic E-state index is 0.0115. The van der Waals surface area contributed by atoms with Gasteiger partial charge in [0.05, 0.1) is 11.2 Å². The summed E-state index contributed by atoms with van der Waals surface area (Å²) in [7, 11) is -2.08. The molecule has 23 heavy (non-hydrogen) atoms. The Balaban J connectivity index is 2.96. The van der Waals surface area contributed by atoms with Crippen LogP contribution in [0.3, 0.4) is 0 Å². The van der Waals surface area contributed by atoms with Crippen molar-refractivity contribution in [3.05, 3.63) is 0 Å². The zero-order valence-corrected chi connectivity index (χ0v) is 15.3. The van der Waals surface area contributed by atoms with Crippen LogP contribution in [0.5, 0.6) is 0 Å². The van der Waals surface area contributed by atoms with E-state index in [4.69, 9.17) is 5.11 Å². The second kappa shape index (κ2) is 8.13. The number of hydrogen-bond donors (Lipinski definition) is 1. The second-order valence-electron chi connectivity index (χ2n) is 6.97. The molecule has 134 valence electrons. The molecule has 1 N–H and O–H groups in total. The molecule has 1 saturated carbocycles. The van der Waals surface area contributed by atoms with Crippen LogP contribution in [0.4, 0.5) is 0 Å². The van der Waals surface area contributed by atoms with Crippen LogP contribution in [0, 0.1) is 11.8 Å². The second-order valence-corrected chi connectivity index (χ2v) is 9.32. The average Bonchev–Trinajstić information content (AvgIpc) is 2.47. The monoisotopic (exact) mass is 347 g/mol. The third-order valence-electron chi connectivity index (χ3n) is 4.57. The van der Waals surface area contributed by atoms with Crippen LogP contribution in [-0.2, 0) is 19.4 Å². The van der Waals surface area contributed by atoms with E-state index in [1.807, 2.05) is 0 Å². The molecular formula is C16H29NO5S. The summed E-state index contributed by atoms with van der Waals surface area (Å²) in [5.74, 6) is -2.55. The van der Waals surface area contributed by atoms with Crippen molar-refractivity contribution >= 4 is 21.7 Å². The third kappa shape index (κ3) is 4.93. The Kier molecular flexibility index (Phi) is 7.04. The average molecular weight is 347 g/mol. The van der Waals surface area contributed by atoms with Crippen LogP contribution < -0.4 is 0 Å². The maximum atomic E-state index is 12.9. The van der Waals surface area contributed by atoms with Crippen LogP contribution in [0.25, 0.3) is 0 Å². The molecule has 0 saturated heterocycles. The van der Waals surface area contributed by atoms with E-state index in [1.165, 1.54) is 18.9 Å². The van der Waals surface area contributed by atoms with Crippen LogP contribution in [0.2, 0.25) is 0 Å². The predicted molar refractivity (Wildman–Crippen MR) is 88.9 cm³/mol. The molecule has 0 aromatic carbocycles. The molecular weight excluding hydrogens is 318 g/mol. The van der Waals surface area contributed by atoms with Crippen LogP contribution in [0.15, 0.2) is 0 Å². The van der Waals surface area contributed by atoms with E-state index in [9.17, 15) is 18.0 Å². The van der Waals surface area contributed by atoms with Crippen LogP contribution in [-0.4, -0.2) is 54.4 Å². The first-order valence-corrected chi connectivity index (χ1v) is 9.90. The van der Waals surface area contributed by atoms with Gasteiger partial charge < -0.3 is 10.0 Å². The van der Waals surface area contributed by atoms with Crippen LogP contribution in [0.1, 0.15) is 52.9 Å². The Morgan fingerprint density at radius 1 is 1.13 bits per heavy atom. The summed E-state index contributed by atoms with van der Waals surface area (Å²) in [4.78, 5) is 24.9. The van der Waals surface area contributed by atoms with Crippen molar-refractivity contribution in [3.63, 3.8) is 0 Å². The highest BCUT2D eigenvalue weighted by atomic mass is 32.2. The van der Waals surface area contributed by atoms with Crippen molar-refractivity contribution in [2.75, 3.05) is 13.6 Å². The lowest BCUT2D eigenvalue weighted by Crippen LogP contribution is -2.49. The lowest BCUT2D eigenvalue weighted by molar-refractivity contribution is -0.142. The van der Waals surface area contributed by atoms with Crippen molar-refractivity contribution in [2.24, 2.45) is 11.8 Å². The molecule has 0 bridgehead atoms. The molecule has 2 unspecified atom stereocenters. The fourth-order valence-electron chi connectivity index (χ4n) is 3.20. The van der Waals surface area contributed by atoms with Gasteiger partial charge in [0.1, 0.15) is 5.25 Å². The first-order valence-electron chi connectivity index (χ1n) is 8.29. The largest absolute Gasteiger partial charge is 0.481 e. The van der Waals surface area contributed by atoms with Gasteiger partial charge in [-0.1, -0.05) is 40.0 Å². The van der Waals surface area contributed by atoms with Gasteiger partial charge in [0.25, 0.3) is 0 Å². The first kappa shape index (κ1) is 19.9. The molecule has 1 amide bonds. The summed E-state index contributed by atoms with van der Waals surface area (Å²) in [5, 5.41) is 7.44. The Bertz CT molecular complexity index is 523. The highest BCUT2D eigenvalue weighted by Gasteiger charge is 2.42. The number of hydrogen-bond acceptors (Lipinski definition) is 4. The summed E-state index contributed by atoms with van der Waals surface area (Å²) < 4.78 is 25.9. The Labute approximate surface area is 139 Å². The zero-order valence-electron chi connectivity index (χ0n) is 14.5. The predicted octanol–water partition coefficient (Wildman–Crippen LogP) is 1.94. The van der Waals surface area contributed by atoms with Crippen molar-refractivity contribution in [1.29, 1.82) is 0 Å². The minimum Gasteiger partial charge on any atom is -0.481 e. The maximum Gasteiger partial charge on any atom is 0.308 e. The van der Waals surface area contributed by atoms with Gasteiger partial charge in [-0.15, -0.1) is 0 Å². The maximum absolute atomic E-state index is 12.9. The Morgan fingerprint density at radius 3 is 2.09 bits per heavy atom. The SMILES string of the molecule is CC(CN(C)C(=O)C(C(C)C)S(=O)(=O)C1CCCCC1)C(=O)O. The standard InChI is InChI=1S/C16H29NO5S/c1-11(2)14(15(18)17(4)10-12(3)16(19)20)23(21,22)13-8-6-5-7-9-13/h11-14H,5-10H2,1-4H3,(H,19,20). The van der Waals surface area contributed by atoms with Gasteiger partial charge in [-0.2, -0.15) is 0 Å². The molecule has 2 atom stereocenters. The molecule has 1 aliphatic carbocycles. The molecule has 0 radical (unpaired) electrons. The van der Waals surface area contributed by atoms with Crippen molar-refractivity contribution in [2.45, 2.75) is 63.4 Å². The van der Waals surface area contributed by atoms with E-state index in [0.717, 1.165) is 19.3 Å². The number of nitrogens with zero attached hydrogens (tertiary/aromatic N) is 1. The highest BCUT2D eigenvalue weighted by Crippen LogP contribution is 2.29. The van der Waals surface area contributed by atoms with Gasteiger partial charge in [0.15, 0.2) is 9.84 Å². The topological polar surface area (TPSA) is 91.8 Å². The van der Waals surface area contributed by atoms with Crippen LogP contribution >= 0.6 is 0 Å². The molecule has 0 spiro atoms. The lowest BCUT2D eigenvalue weighted by Gasteiger charge is -2.31. The zero-order chi connectivity index (χ0) is 17.8. The van der Waals surface area contributed by atoms with Gasteiger partial charge in [0.2, 0.25) is 5.91 Å². The van der Waals surface area contributed by atoms with Gasteiger partial charge in [0, 0.05) is 13.6 Å². The summed E-state index contributed by atoms with van der Waals surface area (Å²) >= 11 is 0. The summed E-state index contributed by atoms with van der Waals surface area (Å²) in [6, 6.07) is 0. The van der Waals surface area contributed by atoms with Gasteiger partial charge in [-0.25, -0.2) is 8.42 Å². The van der Waals surface area contributed by atoms with Gasteiger partial charge >= 0.3 is 5.97 Å². The molecule has 7 heteroatoms. The van der Waals surface area contributed by atoms with E-state index in [2.05, 4.69) is 0 Å². The molecule has 0 aliphatic heterocycles. The number of carbonyl (C=O) groups excluding carboxylic acids is 1. The smallest absolute Gasteiger partial charge is 0.308 e. The molecule has 1 aliphatic rings. The van der Waals surface area contributed by atoms with Crippen molar-refractivity contribution in [1.82, 2.24) is 4.90 Å². The number of carboxylic acid groups (broad SMARTS) is 1. The number of amides is 1. The minimum atomic E-state index is -3.56. The molecule has 0 heterocycles. The fraction of sp³-hybridized carbons (Fsp3) is 0.875. The van der Waals surface area contributed by atoms with E-state index in [1.54, 1.807) is 13.8 Å². The van der Waals surface area contributed by atoms with Gasteiger partial charge in [-0.3, -0.25) is 9.59 Å². The highest BCUT2D eigenvalue weighted by molar-refractivity contribution is 7.93. The summed E-state index contributed by atoms with van der Waals surface area (Å²) in [6.07, 6.45) is 4.05. The lowest BCUT2D eigenvalue weighted by atomic mass is 10.0. The molecule has 0 aromatic rings. The molecule has 1 rings (SSSR count). The third-order valence-corrected chi connectivity index (χ3v) is 7.42. The fourth-order valence-corrected chi connectivity index (χ4v) is 5.83. The van der Waals surface area contributed by atoms with Crippen molar-refractivity contribution in [3.8, 4) is 0 Å². The van der Waals surface area contributed by atoms with Crippen molar-refractivity contribution < 1.29 is 23.1 Å².